The van der Waals surface area contributed by atoms with E-state index in [9.17, 15) is 0 Å². The van der Waals surface area contributed by atoms with Crippen LogP contribution >= 0.6 is 11.3 Å². The van der Waals surface area contributed by atoms with Gasteiger partial charge in [0, 0.05) is 34.9 Å². The molecule has 2 aromatic heterocycles. The van der Waals surface area contributed by atoms with E-state index in [4.69, 9.17) is 14.5 Å². The van der Waals surface area contributed by atoms with E-state index in [1.807, 2.05) is 54.6 Å². The van der Waals surface area contributed by atoms with Gasteiger partial charge in [-0.15, -0.1) is 0 Å². The Hall–Kier alpha value is -4.16. The molecule has 0 saturated carbocycles. The minimum Gasteiger partial charge on any atom is -0.497 e. The van der Waals surface area contributed by atoms with Crippen molar-refractivity contribution in [1.82, 2.24) is 9.97 Å². The highest BCUT2D eigenvalue weighted by Gasteiger charge is 2.23. The first-order chi connectivity index (χ1) is 16.8. The van der Waals surface area contributed by atoms with E-state index >= 15 is 0 Å². The van der Waals surface area contributed by atoms with Crippen LogP contribution in [0.4, 0.5) is 16.4 Å². The Balaban J connectivity index is 1.72. The summed E-state index contributed by atoms with van der Waals surface area (Å²) in [6.45, 7) is 0. The maximum atomic E-state index is 5.39. The van der Waals surface area contributed by atoms with Crippen molar-refractivity contribution in [3.8, 4) is 33.3 Å². The van der Waals surface area contributed by atoms with Crippen molar-refractivity contribution in [2.45, 2.75) is 0 Å². The highest BCUT2D eigenvalue weighted by Crippen LogP contribution is 2.46. The summed E-state index contributed by atoms with van der Waals surface area (Å²) in [7, 11) is 3.35. The number of anilines is 3. The van der Waals surface area contributed by atoms with E-state index in [-0.39, 0.29) is 0 Å². The zero-order valence-corrected chi connectivity index (χ0v) is 19.7. The lowest BCUT2D eigenvalue weighted by Gasteiger charge is -2.25. The molecule has 3 aromatic carbocycles. The smallest absolute Gasteiger partial charge is 0.129 e. The SMILES string of the molecule is COc1ccc(N(c2ccc(OC)cc2)c2sc(-c3ccncc3)nc2-c2ccccc2)cc1. The van der Waals surface area contributed by atoms with E-state index in [0.717, 1.165) is 49.7 Å². The molecule has 0 saturated heterocycles. The Morgan fingerprint density at radius 3 is 1.74 bits per heavy atom. The molecule has 2 heterocycles. The molecule has 0 spiro atoms. The first-order valence-corrected chi connectivity index (χ1v) is 11.6. The number of ether oxygens (including phenoxy) is 2. The molecule has 0 aliphatic heterocycles. The van der Waals surface area contributed by atoms with Crippen LogP contribution < -0.4 is 14.4 Å². The van der Waals surface area contributed by atoms with Gasteiger partial charge in [-0.1, -0.05) is 41.7 Å². The second kappa shape index (κ2) is 9.77. The van der Waals surface area contributed by atoms with Gasteiger partial charge in [0.1, 0.15) is 27.2 Å². The molecular formula is C28H23N3O2S. The molecule has 0 aliphatic carbocycles. The molecule has 168 valence electrons. The molecule has 0 atom stereocenters. The van der Waals surface area contributed by atoms with Crippen molar-refractivity contribution in [3.05, 3.63) is 103 Å². The van der Waals surface area contributed by atoms with E-state index < -0.39 is 0 Å². The van der Waals surface area contributed by atoms with Crippen LogP contribution in [0, 0.1) is 0 Å². The molecule has 0 unspecified atom stereocenters. The first kappa shape index (κ1) is 21.7. The second-order valence-electron chi connectivity index (χ2n) is 7.51. The number of pyridine rings is 1. The lowest BCUT2D eigenvalue weighted by molar-refractivity contribution is 0.415. The molecule has 5 nitrogen and oxygen atoms in total. The molecule has 0 bridgehead atoms. The number of rotatable bonds is 7. The number of aromatic nitrogens is 2. The van der Waals surface area contributed by atoms with E-state index in [1.165, 1.54) is 0 Å². The molecule has 0 aliphatic rings. The molecule has 0 amide bonds. The topological polar surface area (TPSA) is 47.5 Å². The summed E-state index contributed by atoms with van der Waals surface area (Å²) in [4.78, 5) is 11.5. The predicted molar refractivity (Wildman–Crippen MR) is 139 cm³/mol. The van der Waals surface area contributed by atoms with Crippen LogP contribution in [0.25, 0.3) is 21.8 Å². The van der Waals surface area contributed by atoms with Crippen LogP contribution in [0.3, 0.4) is 0 Å². The van der Waals surface area contributed by atoms with Crippen LogP contribution in [-0.4, -0.2) is 24.2 Å². The normalized spacial score (nSPS) is 10.6. The molecule has 6 heteroatoms. The van der Waals surface area contributed by atoms with Crippen molar-refractivity contribution in [3.63, 3.8) is 0 Å². The number of benzene rings is 3. The van der Waals surface area contributed by atoms with Gasteiger partial charge in [-0.3, -0.25) is 4.98 Å². The average Bonchev–Trinajstić information content (AvgIpc) is 3.36. The lowest BCUT2D eigenvalue weighted by Crippen LogP contribution is -2.09. The van der Waals surface area contributed by atoms with Crippen LogP contribution in [0.5, 0.6) is 11.5 Å². The Morgan fingerprint density at radius 2 is 1.21 bits per heavy atom. The number of nitrogens with zero attached hydrogens (tertiary/aromatic N) is 3. The van der Waals surface area contributed by atoms with Gasteiger partial charge in [0.2, 0.25) is 0 Å². The fraction of sp³-hybridized carbons (Fsp3) is 0.0714. The summed E-state index contributed by atoms with van der Waals surface area (Å²) in [5, 5.41) is 1.96. The highest BCUT2D eigenvalue weighted by atomic mass is 32.1. The first-order valence-electron chi connectivity index (χ1n) is 10.8. The molecular weight excluding hydrogens is 442 g/mol. The summed E-state index contributed by atoms with van der Waals surface area (Å²) >= 11 is 1.65. The van der Waals surface area contributed by atoms with Gasteiger partial charge in [-0.05, 0) is 60.7 Å². The number of hydrogen-bond acceptors (Lipinski definition) is 6. The largest absolute Gasteiger partial charge is 0.497 e. The van der Waals surface area contributed by atoms with Gasteiger partial charge >= 0.3 is 0 Å². The van der Waals surface area contributed by atoms with Gasteiger partial charge in [-0.25, -0.2) is 4.98 Å². The summed E-state index contributed by atoms with van der Waals surface area (Å²) in [6, 6.07) is 30.4. The van der Waals surface area contributed by atoms with Crippen LogP contribution in [-0.2, 0) is 0 Å². The van der Waals surface area contributed by atoms with Crippen LogP contribution in [0.1, 0.15) is 0 Å². The third-order valence-corrected chi connectivity index (χ3v) is 6.54. The van der Waals surface area contributed by atoms with E-state index in [1.54, 1.807) is 38.0 Å². The third-order valence-electron chi connectivity index (χ3n) is 5.45. The maximum Gasteiger partial charge on any atom is 0.129 e. The quantitative estimate of drug-likeness (QED) is 0.251. The monoisotopic (exact) mass is 465 g/mol. The Bertz CT molecular complexity index is 1310. The molecule has 34 heavy (non-hydrogen) atoms. The summed E-state index contributed by atoms with van der Waals surface area (Å²) in [6.07, 6.45) is 3.59. The van der Waals surface area contributed by atoms with Gasteiger partial charge in [0.05, 0.1) is 14.2 Å². The van der Waals surface area contributed by atoms with Crippen molar-refractivity contribution in [2.24, 2.45) is 0 Å². The number of thiazole rings is 1. The molecule has 0 fully saturated rings. The predicted octanol–water partition coefficient (Wildman–Crippen LogP) is 7.36. The van der Waals surface area contributed by atoms with Gasteiger partial charge in [-0.2, -0.15) is 0 Å². The minimum atomic E-state index is 0.809. The van der Waals surface area contributed by atoms with Crippen molar-refractivity contribution in [1.29, 1.82) is 0 Å². The molecule has 5 aromatic rings. The molecule has 0 radical (unpaired) electrons. The summed E-state index contributed by atoms with van der Waals surface area (Å²) < 4.78 is 10.8. The van der Waals surface area contributed by atoms with Gasteiger partial charge in [0.15, 0.2) is 0 Å². The van der Waals surface area contributed by atoms with Crippen LogP contribution in [0.2, 0.25) is 0 Å². The molecule has 0 N–H and O–H groups in total. The fourth-order valence-electron chi connectivity index (χ4n) is 3.71. The Morgan fingerprint density at radius 1 is 0.647 bits per heavy atom. The standard InChI is InChI=1S/C28H23N3O2S/c1-32-24-12-8-22(9-13-24)31(23-10-14-25(33-2)15-11-23)28-26(20-6-4-3-5-7-20)30-27(34-28)21-16-18-29-19-17-21/h3-19H,1-2H3. The Labute approximate surface area is 202 Å². The highest BCUT2D eigenvalue weighted by molar-refractivity contribution is 7.19. The lowest BCUT2D eigenvalue weighted by atomic mass is 10.1. The van der Waals surface area contributed by atoms with Gasteiger partial charge < -0.3 is 14.4 Å². The number of methoxy groups -OCH3 is 2. The minimum absolute atomic E-state index is 0.809. The van der Waals surface area contributed by atoms with Crippen molar-refractivity contribution < 1.29 is 9.47 Å². The average molecular weight is 466 g/mol. The van der Waals surface area contributed by atoms with Crippen LogP contribution in [0.15, 0.2) is 103 Å². The zero-order chi connectivity index (χ0) is 23.3. The van der Waals surface area contributed by atoms with Crippen molar-refractivity contribution >= 4 is 27.7 Å². The summed E-state index contributed by atoms with van der Waals surface area (Å²) in [5.74, 6) is 1.62. The van der Waals surface area contributed by atoms with E-state index in [0.29, 0.717) is 0 Å². The number of hydrogen-bond donors (Lipinski definition) is 0. The van der Waals surface area contributed by atoms with Gasteiger partial charge in [0.25, 0.3) is 0 Å². The summed E-state index contributed by atoms with van der Waals surface area (Å²) in [5.41, 5.74) is 5.03. The van der Waals surface area contributed by atoms with Crippen molar-refractivity contribution in [2.75, 3.05) is 19.1 Å². The molecule has 5 rings (SSSR count). The third kappa shape index (κ3) is 4.36. The fourth-order valence-corrected chi connectivity index (χ4v) is 4.85. The maximum absolute atomic E-state index is 5.39. The Kier molecular flexibility index (Phi) is 6.23. The second-order valence-corrected chi connectivity index (χ2v) is 8.48. The van der Waals surface area contributed by atoms with E-state index in [2.05, 4.69) is 46.3 Å². The zero-order valence-electron chi connectivity index (χ0n) is 18.9.